The molecule has 158 valence electrons. The smallest absolute Gasteiger partial charge is 0.252 e. The van der Waals surface area contributed by atoms with Crippen LogP contribution in [-0.2, 0) is 4.79 Å². The van der Waals surface area contributed by atoms with Gasteiger partial charge < -0.3 is 20.1 Å². The fourth-order valence-corrected chi connectivity index (χ4v) is 3.61. The van der Waals surface area contributed by atoms with Crippen molar-refractivity contribution in [1.82, 2.24) is 9.88 Å². The maximum atomic E-state index is 12.1. The highest BCUT2D eigenvalue weighted by molar-refractivity contribution is 6.01. The van der Waals surface area contributed by atoms with Gasteiger partial charge in [-0.05, 0) is 45.7 Å². The summed E-state index contributed by atoms with van der Waals surface area (Å²) >= 11 is 0. The number of likely N-dealkylation sites (tertiary alicyclic amines) is 1. The Labute approximate surface area is 175 Å². The third-order valence-corrected chi connectivity index (χ3v) is 4.88. The van der Waals surface area contributed by atoms with Gasteiger partial charge in [-0.25, -0.2) is 0 Å². The number of carbonyl (C=O) groups is 2. The average Bonchev–Trinajstić information content (AvgIpc) is 2.67. The highest BCUT2D eigenvalue weighted by Crippen LogP contribution is 2.33. The number of primary amides is 1. The second-order valence-corrected chi connectivity index (χ2v) is 7.71. The van der Waals surface area contributed by atoms with Crippen LogP contribution in [0.3, 0.4) is 0 Å². The zero-order valence-electron chi connectivity index (χ0n) is 17.5. The maximum absolute atomic E-state index is 12.1. The molecule has 1 aromatic carbocycles. The number of carbonyl (C=O) groups excluding carboxylic acids is 2. The highest BCUT2D eigenvalue weighted by Gasteiger charge is 2.26. The predicted molar refractivity (Wildman–Crippen MR) is 111 cm³/mol. The number of benzene rings is 1. The van der Waals surface area contributed by atoms with Gasteiger partial charge in [0.25, 0.3) is 5.91 Å². The van der Waals surface area contributed by atoms with Gasteiger partial charge in [-0.15, -0.1) is 0 Å². The van der Waals surface area contributed by atoms with Gasteiger partial charge in [0.2, 0.25) is 5.91 Å². The summed E-state index contributed by atoms with van der Waals surface area (Å²) in [6.07, 6.45) is 1.14. The zero-order valence-corrected chi connectivity index (χ0v) is 17.5. The normalized spacial score (nSPS) is 16.4. The van der Waals surface area contributed by atoms with Gasteiger partial charge >= 0.3 is 0 Å². The van der Waals surface area contributed by atoms with Crippen LogP contribution < -0.4 is 15.2 Å². The number of ether oxygens (including phenoxy) is 2. The van der Waals surface area contributed by atoms with Crippen molar-refractivity contribution in [1.29, 1.82) is 5.26 Å². The summed E-state index contributed by atoms with van der Waals surface area (Å²) in [5.41, 5.74) is 7.13. The van der Waals surface area contributed by atoms with Crippen LogP contribution in [-0.4, -0.2) is 47.0 Å². The molecule has 30 heavy (non-hydrogen) atoms. The Morgan fingerprint density at radius 2 is 2.10 bits per heavy atom. The Bertz CT molecular complexity index is 1010. The predicted octanol–water partition coefficient (Wildman–Crippen LogP) is 2.71. The lowest BCUT2D eigenvalue weighted by Gasteiger charge is -2.32. The van der Waals surface area contributed by atoms with Crippen LogP contribution in [0.5, 0.6) is 11.5 Å². The number of fused-ring (bicyclic) bond motifs is 1. The molecule has 0 aliphatic carbocycles. The van der Waals surface area contributed by atoms with Gasteiger partial charge in [0.1, 0.15) is 24.0 Å². The van der Waals surface area contributed by atoms with Gasteiger partial charge in [-0.3, -0.25) is 14.6 Å². The third-order valence-electron chi connectivity index (χ3n) is 4.88. The molecule has 1 atom stereocenters. The van der Waals surface area contributed by atoms with Crippen molar-refractivity contribution in [2.45, 2.75) is 52.2 Å². The molecule has 1 saturated heterocycles. The number of rotatable bonds is 6. The van der Waals surface area contributed by atoms with Crippen LogP contribution >= 0.6 is 0 Å². The van der Waals surface area contributed by atoms with Crippen molar-refractivity contribution in [3.63, 3.8) is 0 Å². The number of hydrogen-bond acceptors (Lipinski definition) is 6. The van der Waals surface area contributed by atoms with Crippen LogP contribution in [0.25, 0.3) is 10.9 Å². The van der Waals surface area contributed by atoms with E-state index in [0.717, 1.165) is 18.5 Å². The van der Waals surface area contributed by atoms with Gasteiger partial charge in [0, 0.05) is 23.7 Å². The van der Waals surface area contributed by atoms with Crippen molar-refractivity contribution in [2.75, 3.05) is 13.1 Å². The Kier molecular flexibility index (Phi) is 6.40. The topological polar surface area (TPSA) is 119 Å². The first-order chi connectivity index (χ1) is 14.3. The van der Waals surface area contributed by atoms with Crippen LogP contribution in [0.15, 0.2) is 18.2 Å². The van der Waals surface area contributed by atoms with Crippen molar-refractivity contribution in [2.24, 2.45) is 5.73 Å². The molecule has 1 unspecified atom stereocenters. The quantitative estimate of drug-likeness (QED) is 0.782. The fraction of sp³-hybridized carbons (Fsp3) is 0.455. The Balaban J connectivity index is 1.96. The van der Waals surface area contributed by atoms with Crippen LogP contribution in [0.2, 0.25) is 0 Å². The molecular weight excluding hydrogens is 384 g/mol. The van der Waals surface area contributed by atoms with Crippen LogP contribution in [0, 0.1) is 18.3 Å². The van der Waals surface area contributed by atoms with E-state index in [9.17, 15) is 9.59 Å². The van der Waals surface area contributed by atoms with Crippen molar-refractivity contribution in [3.8, 4) is 17.6 Å². The second-order valence-electron chi connectivity index (χ2n) is 7.71. The second kappa shape index (κ2) is 8.99. The minimum Gasteiger partial charge on any atom is -0.490 e. The number of nitriles is 1. The Morgan fingerprint density at radius 3 is 2.77 bits per heavy atom. The average molecular weight is 410 g/mol. The standard InChI is InChI=1S/C22H26N4O4/c1-13(2)29-20-11-16-18(10-17(20)22(24)28)25-14(3)9-19(16)30-15-5-4-8-26(12-15)21(27)6-7-23/h9-11,13,15H,4-6,8,12H2,1-3H3,(H2,24,28). The van der Waals surface area contributed by atoms with Gasteiger partial charge in [-0.2, -0.15) is 5.26 Å². The lowest BCUT2D eigenvalue weighted by Crippen LogP contribution is -2.44. The molecule has 3 rings (SSSR count). The highest BCUT2D eigenvalue weighted by atomic mass is 16.5. The molecular formula is C22H26N4O4. The van der Waals surface area contributed by atoms with Gasteiger partial charge in [0.15, 0.2) is 0 Å². The number of aryl methyl sites for hydroxylation is 1. The van der Waals surface area contributed by atoms with E-state index >= 15 is 0 Å². The van der Waals surface area contributed by atoms with E-state index in [1.165, 1.54) is 0 Å². The van der Waals surface area contributed by atoms with E-state index in [4.69, 9.17) is 20.5 Å². The molecule has 1 aliphatic rings. The zero-order chi connectivity index (χ0) is 21.8. The molecule has 8 heteroatoms. The van der Waals surface area contributed by atoms with Crippen LogP contribution in [0.4, 0.5) is 0 Å². The summed E-state index contributed by atoms with van der Waals surface area (Å²) in [6, 6.07) is 7.10. The number of amides is 2. The monoisotopic (exact) mass is 410 g/mol. The van der Waals surface area contributed by atoms with E-state index in [1.54, 1.807) is 17.0 Å². The third kappa shape index (κ3) is 4.79. The summed E-state index contributed by atoms with van der Waals surface area (Å²) in [7, 11) is 0. The summed E-state index contributed by atoms with van der Waals surface area (Å²) in [6.45, 7) is 6.64. The number of nitrogens with two attached hydrogens (primary N) is 1. The molecule has 2 heterocycles. The lowest BCUT2D eigenvalue weighted by atomic mass is 10.1. The first-order valence-corrected chi connectivity index (χ1v) is 10.0. The van der Waals surface area contributed by atoms with Gasteiger partial charge in [-0.1, -0.05) is 0 Å². The first kappa shape index (κ1) is 21.4. The molecule has 2 amide bonds. The largest absolute Gasteiger partial charge is 0.490 e. The molecule has 0 radical (unpaired) electrons. The van der Waals surface area contributed by atoms with Gasteiger partial charge in [0.05, 0.1) is 29.8 Å². The number of hydrogen-bond donors (Lipinski definition) is 1. The van der Waals surface area contributed by atoms with E-state index < -0.39 is 5.91 Å². The fourth-order valence-electron chi connectivity index (χ4n) is 3.61. The molecule has 0 spiro atoms. The summed E-state index contributed by atoms with van der Waals surface area (Å²) < 4.78 is 12.1. The first-order valence-electron chi connectivity index (χ1n) is 10.0. The molecule has 8 nitrogen and oxygen atoms in total. The molecule has 2 aromatic rings. The maximum Gasteiger partial charge on any atom is 0.252 e. The SMILES string of the molecule is Cc1cc(OC2CCCN(C(=O)CC#N)C2)c2cc(OC(C)C)c(C(N)=O)cc2n1. The molecule has 1 aromatic heterocycles. The van der Waals surface area contributed by atoms with E-state index in [2.05, 4.69) is 4.98 Å². The van der Waals surface area contributed by atoms with Crippen molar-refractivity contribution >= 4 is 22.7 Å². The Hall–Kier alpha value is -3.34. The molecule has 1 fully saturated rings. The summed E-state index contributed by atoms with van der Waals surface area (Å²) in [5, 5.41) is 9.50. The molecule has 1 aliphatic heterocycles. The Morgan fingerprint density at radius 1 is 1.33 bits per heavy atom. The summed E-state index contributed by atoms with van der Waals surface area (Å²) in [5.74, 6) is 0.231. The molecule has 2 N–H and O–H groups in total. The lowest BCUT2D eigenvalue weighted by molar-refractivity contribution is -0.132. The van der Waals surface area contributed by atoms with E-state index in [-0.39, 0.29) is 30.1 Å². The van der Waals surface area contributed by atoms with Crippen LogP contribution in [0.1, 0.15) is 49.2 Å². The molecule has 0 bridgehead atoms. The summed E-state index contributed by atoms with van der Waals surface area (Å²) in [4.78, 5) is 30.2. The minimum absolute atomic E-state index is 0.129. The minimum atomic E-state index is -0.586. The number of nitrogens with zero attached hydrogens (tertiary/aromatic N) is 3. The van der Waals surface area contributed by atoms with E-state index in [0.29, 0.717) is 35.5 Å². The molecule has 0 saturated carbocycles. The van der Waals surface area contributed by atoms with E-state index in [1.807, 2.05) is 32.9 Å². The van der Waals surface area contributed by atoms with Crippen molar-refractivity contribution in [3.05, 3.63) is 29.5 Å². The number of aromatic nitrogens is 1. The number of pyridine rings is 1. The van der Waals surface area contributed by atoms with Crippen molar-refractivity contribution < 1.29 is 19.1 Å². The number of piperidine rings is 1.